The number of para-hydroxylation sites is 2. The van der Waals surface area contributed by atoms with E-state index in [9.17, 15) is 14.4 Å². The maximum Gasteiger partial charge on any atom is 0.270 e. The smallest absolute Gasteiger partial charge is 0.270 e. The third kappa shape index (κ3) is 3.39. The summed E-state index contributed by atoms with van der Waals surface area (Å²) in [5, 5.41) is 0. The van der Waals surface area contributed by atoms with E-state index in [1.807, 2.05) is 36.4 Å². The van der Waals surface area contributed by atoms with Gasteiger partial charge in [-0.2, -0.15) is 0 Å². The van der Waals surface area contributed by atoms with Gasteiger partial charge in [-0.25, -0.2) is 0 Å². The Morgan fingerprint density at radius 2 is 1.86 bits per heavy atom. The molecule has 2 aromatic rings. The highest BCUT2D eigenvalue weighted by Gasteiger charge is 2.41. The van der Waals surface area contributed by atoms with Gasteiger partial charge < -0.3 is 14.5 Å². The number of hydrogen-bond donors (Lipinski definition) is 0. The van der Waals surface area contributed by atoms with Crippen LogP contribution in [0.5, 0.6) is 5.75 Å². The number of fused-ring (bicyclic) bond motifs is 2. The zero-order valence-electron chi connectivity index (χ0n) is 16.9. The number of benzene rings is 2. The first kappa shape index (κ1) is 19.2. The minimum absolute atomic E-state index is 0.0182. The van der Waals surface area contributed by atoms with E-state index in [4.69, 9.17) is 4.74 Å². The van der Waals surface area contributed by atoms with Crippen molar-refractivity contribution >= 4 is 29.0 Å². The first-order chi connectivity index (χ1) is 13.8. The molecule has 150 valence electrons. The monoisotopic (exact) mass is 392 g/mol. The Balaban J connectivity index is 1.51. The van der Waals surface area contributed by atoms with E-state index >= 15 is 0 Å². The zero-order valence-corrected chi connectivity index (χ0v) is 16.9. The van der Waals surface area contributed by atoms with Crippen LogP contribution in [-0.2, 0) is 16.0 Å². The first-order valence-corrected chi connectivity index (χ1v) is 9.82. The fourth-order valence-corrected chi connectivity index (χ4v) is 3.96. The van der Waals surface area contributed by atoms with Crippen molar-refractivity contribution in [2.45, 2.75) is 39.2 Å². The molecule has 6 nitrogen and oxygen atoms in total. The van der Waals surface area contributed by atoms with Crippen LogP contribution in [0.4, 0.5) is 11.4 Å². The molecule has 6 heteroatoms. The predicted molar refractivity (Wildman–Crippen MR) is 111 cm³/mol. The Hall–Kier alpha value is -3.15. The molecule has 0 unspecified atom stereocenters. The summed E-state index contributed by atoms with van der Waals surface area (Å²) in [6.45, 7) is 5.90. The molecule has 0 fully saturated rings. The Labute approximate surface area is 170 Å². The third-order valence-corrected chi connectivity index (χ3v) is 5.51. The van der Waals surface area contributed by atoms with E-state index < -0.39 is 5.60 Å². The van der Waals surface area contributed by atoms with Gasteiger partial charge in [0.2, 0.25) is 5.91 Å². The number of amides is 2. The molecule has 29 heavy (non-hydrogen) atoms. The average molecular weight is 392 g/mol. The number of anilines is 2. The van der Waals surface area contributed by atoms with Gasteiger partial charge in [0.25, 0.3) is 5.91 Å². The molecule has 0 N–H and O–H groups in total. The van der Waals surface area contributed by atoms with Crippen molar-refractivity contribution in [3.05, 3.63) is 53.6 Å². The van der Waals surface area contributed by atoms with E-state index in [0.717, 1.165) is 17.7 Å². The predicted octanol–water partition coefficient (Wildman–Crippen LogP) is 3.37. The topological polar surface area (TPSA) is 66.9 Å². The van der Waals surface area contributed by atoms with Crippen LogP contribution in [-0.4, -0.2) is 36.3 Å². The van der Waals surface area contributed by atoms with Crippen LogP contribution < -0.4 is 14.5 Å². The molecule has 0 saturated carbocycles. The number of rotatable bonds is 4. The van der Waals surface area contributed by atoms with E-state index in [-0.39, 0.29) is 24.0 Å². The van der Waals surface area contributed by atoms with Crippen LogP contribution in [0.25, 0.3) is 0 Å². The SMILES string of the molecule is CC(=O)c1ccc2c(c1)CCN2C(=O)CCN1C(=O)C(C)(C)Oc2ccccc21. The van der Waals surface area contributed by atoms with Gasteiger partial charge >= 0.3 is 0 Å². The van der Waals surface area contributed by atoms with E-state index in [1.165, 1.54) is 6.92 Å². The molecular formula is C23H24N2O4. The molecule has 2 aliphatic heterocycles. The molecule has 0 bridgehead atoms. The Kier molecular flexibility index (Phi) is 4.65. The normalized spacial score (nSPS) is 16.9. The average Bonchev–Trinajstić information content (AvgIpc) is 3.11. The zero-order chi connectivity index (χ0) is 20.8. The van der Waals surface area contributed by atoms with Gasteiger partial charge in [0, 0.05) is 30.8 Å². The second-order valence-electron chi connectivity index (χ2n) is 7.98. The highest BCUT2D eigenvalue weighted by Crippen LogP contribution is 2.37. The number of carbonyl (C=O) groups excluding carboxylic acids is 3. The summed E-state index contributed by atoms with van der Waals surface area (Å²) < 4.78 is 5.83. The van der Waals surface area contributed by atoms with Gasteiger partial charge in [0.1, 0.15) is 5.75 Å². The number of carbonyl (C=O) groups is 3. The summed E-state index contributed by atoms with van der Waals surface area (Å²) in [7, 11) is 0. The molecule has 0 radical (unpaired) electrons. The Bertz CT molecular complexity index is 1010. The van der Waals surface area contributed by atoms with Crippen molar-refractivity contribution in [1.82, 2.24) is 0 Å². The van der Waals surface area contributed by atoms with Gasteiger partial charge in [-0.3, -0.25) is 14.4 Å². The van der Waals surface area contributed by atoms with Crippen molar-refractivity contribution in [2.75, 3.05) is 22.9 Å². The number of ketones is 1. The van der Waals surface area contributed by atoms with Crippen molar-refractivity contribution in [3.63, 3.8) is 0 Å². The lowest BCUT2D eigenvalue weighted by Gasteiger charge is -2.38. The van der Waals surface area contributed by atoms with Crippen molar-refractivity contribution in [1.29, 1.82) is 0 Å². The fourth-order valence-electron chi connectivity index (χ4n) is 3.96. The second kappa shape index (κ2) is 7.03. The second-order valence-corrected chi connectivity index (χ2v) is 7.98. The van der Waals surface area contributed by atoms with Crippen LogP contribution in [0.15, 0.2) is 42.5 Å². The standard InChI is InChI=1S/C23H24N2O4/c1-15(26)16-8-9-18-17(14-16)10-12-24(18)21(27)11-13-25-19-6-4-5-7-20(19)29-23(2,3)22(25)28/h4-9,14H,10-13H2,1-3H3. The summed E-state index contributed by atoms with van der Waals surface area (Å²) in [6.07, 6.45) is 0.943. The molecule has 2 aliphatic rings. The summed E-state index contributed by atoms with van der Waals surface area (Å²) in [6, 6.07) is 12.9. The summed E-state index contributed by atoms with van der Waals surface area (Å²) in [5.41, 5.74) is 2.25. The molecule has 0 spiro atoms. The molecule has 0 aromatic heterocycles. The lowest BCUT2D eigenvalue weighted by molar-refractivity contribution is -0.132. The Morgan fingerprint density at radius 1 is 1.10 bits per heavy atom. The summed E-state index contributed by atoms with van der Waals surface area (Å²) >= 11 is 0. The van der Waals surface area contributed by atoms with Crippen LogP contribution in [0.1, 0.15) is 43.1 Å². The van der Waals surface area contributed by atoms with Gasteiger partial charge in [-0.05, 0) is 63.1 Å². The van der Waals surface area contributed by atoms with Crippen LogP contribution in [0, 0.1) is 0 Å². The molecular weight excluding hydrogens is 368 g/mol. The maximum absolute atomic E-state index is 12.9. The molecule has 0 aliphatic carbocycles. The minimum Gasteiger partial charge on any atom is -0.476 e. The molecule has 2 heterocycles. The maximum atomic E-state index is 12.9. The summed E-state index contributed by atoms with van der Waals surface area (Å²) in [4.78, 5) is 40.8. The van der Waals surface area contributed by atoms with Gasteiger partial charge in [0.15, 0.2) is 11.4 Å². The van der Waals surface area contributed by atoms with Gasteiger partial charge in [-0.15, -0.1) is 0 Å². The number of Topliss-reactive ketones (excluding diaryl/α,β-unsaturated/α-hetero) is 1. The van der Waals surface area contributed by atoms with E-state index in [0.29, 0.717) is 30.1 Å². The molecule has 0 atom stereocenters. The molecule has 2 aromatic carbocycles. The first-order valence-electron chi connectivity index (χ1n) is 9.82. The van der Waals surface area contributed by atoms with Gasteiger partial charge in [0.05, 0.1) is 5.69 Å². The van der Waals surface area contributed by atoms with Crippen molar-refractivity contribution in [3.8, 4) is 5.75 Å². The van der Waals surface area contributed by atoms with Gasteiger partial charge in [-0.1, -0.05) is 12.1 Å². The van der Waals surface area contributed by atoms with E-state index in [1.54, 1.807) is 29.7 Å². The fraction of sp³-hybridized carbons (Fsp3) is 0.348. The van der Waals surface area contributed by atoms with Crippen LogP contribution >= 0.6 is 0 Å². The van der Waals surface area contributed by atoms with Crippen molar-refractivity contribution < 1.29 is 19.1 Å². The molecule has 0 saturated heterocycles. The Morgan fingerprint density at radius 3 is 2.62 bits per heavy atom. The van der Waals surface area contributed by atoms with Crippen LogP contribution in [0.3, 0.4) is 0 Å². The third-order valence-electron chi connectivity index (χ3n) is 5.51. The lowest BCUT2D eigenvalue weighted by Crippen LogP contribution is -2.53. The quantitative estimate of drug-likeness (QED) is 0.748. The highest BCUT2D eigenvalue weighted by molar-refractivity contribution is 6.03. The largest absolute Gasteiger partial charge is 0.476 e. The molecule has 4 rings (SSSR count). The number of nitrogens with zero attached hydrogens (tertiary/aromatic N) is 2. The van der Waals surface area contributed by atoms with E-state index in [2.05, 4.69) is 0 Å². The summed E-state index contributed by atoms with van der Waals surface area (Å²) in [5.74, 6) is 0.475. The highest BCUT2D eigenvalue weighted by atomic mass is 16.5. The number of hydrogen-bond acceptors (Lipinski definition) is 4. The van der Waals surface area contributed by atoms with Crippen LogP contribution in [0.2, 0.25) is 0 Å². The van der Waals surface area contributed by atoms with Crippen molar-refractivity contribution in [2.24, 2.45) is 0 Å². The number of ether oxygens (including phenoxy) is 1. The lowest BCUT2D eigenvalue weighted by atomic mass is 10.0. The minimum atomic E-state index is -0.971. The molecule has 2 amide bonds.